The first-order valence-corrected chi connectivity index (χ1v) is 13.3. The molecule has 1 aliphatic carbocycles. The molecule has 0 bridgehead atoms. The number of likely N-dealkylation sites (tertiary alicyclic amines) is 1. The van der Waals surface area contributed by atoms with E-state index < -0.39 is 5.54 Å². The smallest absolute Gasteiger partial charge is 0.256 e. The maximum Gasteiger partial charge on any atom is 0.256 e. The molecule has 1 unspecified atom stereocenters. The molecule has 0 N–H and O–H groups in total. The van der Waals surface area contributed by atoms with Gasteiger partial charge in [-0.3, -0.25) is 19.5 Å². The van der Waals surface area contributed by atoms with Crippen LogP contribution in [0.1, 0.15) is 36.0 Å². The van der Waals surface area contributed by atoms with E-state index in [9.17, 15) is 14.9 Å². The Morgan fingerprint density at radius 1 is 1.08 bits per heavy atom. The molecule has 4 aliphatic rings. The molecule has 1 saturated carbocycles. The van der Waals surface area contributed by atoms with Gasteiger partial charge in [-0.05, 0) is 65.4 Å². The van der Waals surface area contributed by atoms with Crippen LogP contribution >= 0.6 is 0 Å². The van der Waals surface area contributed by atoms with Gasteiger partial charge in [0.1, 0.15) is 17.5 Å². The minimum absolute atomic E-state index is 0.0819. The molecule has 7 rings (SSSR count). The van der Waals surface area contributed by atoms with E-state index in [-0.39, 0.29) is 23.8 Å². The fourth-order valence-electron chi connectivity index (χ4n) is 5.82. The summed E-state index contributed by atoms with van der Waals surface area (Å²) < 4.78 is 5.34. The van der Waals surface area contributed by atoms with Gasteiger partial charge in [0.25, 0.3) is 11.8 Å². The zero-order chi connectivity index (χ0) is 26.0. The van der Waals surface area contributed by atoms with Crippen molar-refractivity contribution >= 4 is 28.4 Å². The molecule has 1 spiro atoms. The Kier molecular flexibility index (Phi) is 5.17. The van der Waals surface area contributed by atoms with Crippen LogP contribution in [0.15, 0.2) is 59.6 Å². The van der Waals surface area contributed by atoms with E-state index in [1.807, 2.05) is 28.0 Å². The molecule has 1 atom stereocenters. The van der Waals surface area contributed by atoms with Gasteiger partial charge in [-0.25, -0.2) is 0 Å². The van der Waals surface area contributed by atoms with Gasteiger partial charge in [-0.1, -0.05) is 36.4 Å². The first kappa shape index (κ1) is 23.1. The lowest BCUT2D eigenvalue weighted by Gasteiger charge is -2.43. The summed E-state index contributed by atoms with van der Waals surface area (Å²) in [7, 11) is 0. The van der Waals surface area contributed by atoms with Crippen LogP contribution in [0.2, 0.25) is 0 Å². The summed E-state index contributed by atoms with van der Waals surface area (Å²) >= 11 is 0. The lowest BCUT2D eigenvalue weighted by molar-refractivity contribution is -0.162. The number of aliphatic imine (C=N–C) groups is 1. The van der Waals surface area contributed by atoms with Crippen molar-refractivity contribution in [3.05, 3.63) is 71.3 Å². The second-order valence-corrected chi connectivity index (χ2v) is 11.1. The minimum Gasteiger partial charge on any atom is -0.368 e. The Morgan fingerprint density at radius 3 is 2.47 bits per heavy atom. The average molecular weight is 505 g/mol. The molecule has 2 amide bonds. The van der Waals surface area contributed by atoms with Gasteiger partial charge < -0.3 is 9.64 Å². The second-order valence-electron chi connectivity index (χ2n) is 11.1. The standard InChI is InChI=1S/C31H28N4O3/c1-19-12-22(25-5-4-23-13-20(15-32)2-3-24(23)14-25)6-7-26(19)28-33-31(9-10-31)30(37)35(28)18-21-16-34(17-21)29(36)27-8-11-38-27/h2-7,12-14,21,27H,8-11,16-18H2,1H3. The highest BCUT2D eigenvalue weighted by Crippen LogP contribution is 2.46. The van der Waals surface area contributed by atoms with Gasteiger partial charge in [0.2, 0.25) is 0 Å². The van der Waals surface area contributed by atoms with Gasteiger partial charge in [0, 0.05) is 37.5 Å². The number of amidine groups is 1. The largest absolute Gasteiger partial charge is 0.368 e. The van der Waals surface area contributed by atoms with Crippen LogP contribution in [-0.4, -0.2) is 65.3 Å². The second kappa shape index (κ2) is 8.50. The fourth-order valence-corrected chi connectivity index (χ4v) is 5.82. The van der Waals surface area contributed by atoms with Crippen LogP contribution < -0.4 is 0 Å². The number of carbonyl (C=O) groups excluding carboxylic acids is 2. The van der Waals surface area contributed by atoms with Crippen LogP contribution in [0.25, 0.3) is 21.9 Å². The molecular weight excluding hydrogens is 476 g/mol. The normalized spacial score (nSPS) is 21.7. The van der Waals surface area contributed by atoms with Crippen LogP contribution in [0, 0.1) is 24.2 Å². The van der Waals surface area contributed by atoms with Gasteiger partial charge in [0.15, 0.2) is 0 Å². The summed E-state index contributed by atoms with van der Waals surface area (Å²) in [6.07, 6.45) is 2.15. The Balaban J connectivity index is 1.12. The average Bonchev–Trinajstić information content (AvgIpc) is 3.60. The highest BCUT2D eigenvalue weighted by Gasteiger charge is 2.58. The highest BCUT2D eigenvalue weighted by atomic mass is 16.5. The molecule has 38 heavy (non-hydrogen) atoms. The van der Waals surface area contributed by atoms with Crippen LogP contribution in [-0.2, 0) is 14.3 Å². The summed E-state index contributed by atoms with van der Waals surface area (Å²) in [6, 6.07) is 20.5. The number of aryl methyl sites for hydroxylation is 1. The number of hydrogen-bond acceptors (Lipinski definition) is 5. The number of nitrogens with zero attached hydrogens (tertiary/aromatic N) is 4. The molecule has 3 aromatic carbocycles. The van der Waals surface area contributed by atoms with E-state index in [0.29, 0.717) is 31.8 Å². The van der Waals surface area contributed by atoms with Crippen molar-refractivity contribution < 1.29 is 14.3 Å². The Hall–Kier alpha value is -4.02. The molecular formula is C31H28N4O3. The molecule has 7 nitrogen and oxygen atoms in total. The Bertz CT molecular complexity index is 1570. The zero-order valence-corrected chi connectivity index (χ0v) is 21.3. The summed E-state index contributed by atoms with van der Waals surface area (Å²) in [4.78, 5) is 34.5. The topological polar surface area (TPSA) is 86.0 Å². The maximum atomic E-state index is 13.4. The lowest BCUT2D eigenvalue weighted by Crippen LogP contribution is -2.58. The van der Waals surface area contributed by atoms with E-state index in [1.165, 1.54) is 0 Å². The predicted molar refractivity (Wildman–Crippen MR) is 143 cm³/mol. The number of amides is 2. The monoisotopic (exact) mass is 504 g/mol. The summed E-state index contributed by atoms with van der Waals surface area (Å²) in [5.74, 6) is 1.21. The number of ether oxygens (including phenoxy) is 1. The van der Waals surface area contributed by atoms with Gasteiger partial charge >= 0.3 is 0 Å². The third-order valence-corrected chi connectivity index (χ3v) is 8.40. The zero-order valence-electron chi connectivity index (χ0n) is 21.3. The molecule has 3 aromatic rings. The van der Waals surface area contributed by atoms with E-state index in [2.05, 4.69) is 49.4 Å². The van der Waals surface area contributed by atoms with Crippen molar-refractivity contribution in [1.82, 2.24) is 9.80 Å². The SMILES string of the molecule is Cc1cc(-c2ccc3cc(C#N)ccc3c2)ccc1C1=NC2(CC2)C(=O)N1CC1CN(C(=O)C2CCO2)C1. The van der Waals surface area contributed by atoms with Crippen molar-refractivity contribution in [2.24, 2.45) is 10.9 Å². The summed E-state index contributed by atoms with van der Waals surface area (Å²) in [5.41, 5.74) is 4.35. The van der Waals surface area contributed by atoms with E-state index in [0.717, 1.165) is 58.1 Å². The van der Waals surface area contributed by atoms with Crippen molar-refractivity contribution in [3.63, 3.8) is 0 Å². The van der Waals surface area contributed by atoms with Gasteiger partial charge in [-0.15, -0.1) is 0 Å². The summed E-state index contributed by atoms with van der Waals surface area (Å²) in [5, 5.41) is 11.3. The predicted octanol–water partition coefficient (Wildman–Crippen LogP) is 4.06. The number of hydrogen-bond donors (Lipinski definition) is 0. The molecule has 2 saturated heterocycles. The van der Waals surface area contributed by atoms with E-state index in [4.69, 9.17) is 9.73 Å². The first-order valence-electron chi connectivity index (χ1n) is 13.3. The molecule has 7 heteroatoms. The third kappa shape index (κ3) is 3.71. The first-order chi connectivity index (χ1) is 18.4. The van der Waals surface area contributed by atoms with Gasteiger partial charge in [0.05, 0.1) is 18.2 Å². The van der Waals surface area contributed by atoms with Crippen LogP contribution in [0.3, 0.4) is 0 Å². The highest BCUT2D eigenvalue weighted by molar-refractivity contribution is 6.17. The third-order valence-electron chi connectivity index (χ3n) is 8.40. The fraction of sp³-hybridized carbons (Fsp3) is 0.355. The number of benzene rings is 3. The van der Waals surface area contributed by atoms with Crippen LogP contribution in [0.5, 0.6) is 0 Å². The van der Waals surface area contributed by atoms with Crippen molar-refractivity contribution in [1.29, 1.82) is 5.26 Å². The number of carbonyl (C=O) groups is 2. The molecule has 190 valence electrons. The van der Waals surface area contributed by atoms with Crippen molar-refractivity contribution in [2.45, 2.75) is 37.8 Å². The van der Waals surface area contributed by atoms with E-state index in [1.54, 1.807) is 0 Å². The molecule has 0 radical (unpaired) electrons. The Morgan fingerprint density at radius 2 is 1.79 bits per heavy atom. The number of nitriles is 1. The molecule has 0 aromatic heterocycles. The molecule has 3 heterocycles. The number of fused-ring (bicyclic) bond motifs is 1. The molecule has 3 fully saturated rings. The molecule has 3 aliphatic heterocycles. The summed E-state index contributed by atoms with van der Waals surface area (Å²) in [6.45, 7) is 4.66. The van der Waals surface area contributed by atoms with E-state index >= 15 is 0 Å². The lowest BCUT2D eigenvalue weighted by atomic mass is 9.95. The van der Waals surface area contributed by atoms with Gasteiger partial charge in [-0.2, -0.15) is 5.26 Å². The Labute approximate surface area is 221 Å². The van der Waals surface area contributed by atoms with Crippen molar-refractivity contribution in [2.75, 3.05) is 26.2 Å². The quantitative estimate of drug-likeness (QED) is 0.525. The number of rotatable bonds is 5. The minimum atomic E-state index is -0.569. The van der Waals surface area contributed by atoms with Crippen molar-refractivity contribution in [3.8, 4) is 17.2 Å². The van der Waals surface area contributed by atoms with Crippen LogP contribution in [0.4, 0.5) is 0 Å². The maximum absolute atomic E-state index is 13.4.